The third-order valence-electron chi connectivity index (χ3n) is 1.50. The molecular weight excluding hydrogens is 131 g/mol. The first-order valence-electron chi connectivity index (χ1n) is 3.99. The lowest BCUT2D eigenvalue weighted by Crippen LogP contribution is -1.91. The highest BCUT2D eigenvalue weighted by atomic mass is 19.1. The Kier molecular flexibility index (Phi) is 6.93. The predicted octanol–water partition coefficient (Wildman–Crippen LogP) is 2.73. The molecule has 0 aliphatic rings. The molecule has 0 aromatic heterocycles. The van der Waals surface area contributed by atoms with Crippen molar-refractivity contribution < 1.29 is 9.50 Å². The molecule has 0 saturated carbocycles. The minimum Gasteiger partial charge on any atom is -0.248 e. The number of unbranched alkanes of at least 4 members (excludes halogenated alkanes) is 3. The summed E-state index contributed by atoms with van der Waals surface area (Å²) in [5, 5.41) is 9.95. The molecule has 0 aliphatic heterocycles. The Hall–Kier alpha value is -0.110. The quantitative estimate of drug-likeness (QED) is 0.515. The normalized spacial score (nSPS) is 13.5. The second-order valence-electron chi connectivity index (χ2n) is 2.69. The maximum absolute atomic E-state index is 12.1. The lowest BCUT2D eigenvalue weighted by atomic mass is 10.1. The molecule has 61 valence electrons. The third-order valence-corrected chi connectivity index (χ3v) is 1.50. The van der Waals surface area contributed by atoms with Gasteiger partial charge in [0.2, 0.25) is 0 Å². The predicted molar refractivity (Wildman–Crippen MR) is 39.2 cm³/mol. The average molecular weight is 147 g/mol. The third kappa shape index (κ3) is 7.89. The van der Waals surface area contributed by atoms with Gasteiger partial charge in [-0.1, -0.05) is 19.3 Å². The Labute approximate surface area is 62.3 Å². The fourth-order valence-corrected chi connectivity index (χ4v) is 0.881. The summed E-state index contributed by atoms with van der Waals surface area (Å²) in [6.07, 6.45) is 3.64. The van der Waals surface area contributed by atoms with E-state index >= 15 is 0 Å². The number of halogens is 1. The van der Waals surface area contributed by atoms with E-state index < -0.39 is 6.17 Å². The Balaban J connectivity index is 2.77. The van der Waals surface area contributed by atoms with Crippen LogP contribution in [0.25, 0.3) is 0 Å². The fraction of sp³-hybridized carbons (Fsp3) is 1.00. The van der Waals surface area contributed by atoms with Crippen LogP contribution in [0.15, 0.2) is 0 Å². The molecule has 0 fully saturated rings. The molecule has 0 aromatic carbocycles. The second-order valence-corrected chi connectivity index (χ2v) is 2.69. The van der Waals surface area contributed by atoms with Crippen LogP contribution in [0.2, 0.25) is 0 Å². The minimum absolute atomic E-state index is 0.0190. The zero-order valence-corrected chi connectivity index (χ0v) is 6.61. The van der Waals surface area contributed by atoms with Gasteiger partial charge in [-0.15, -0.1) is 0 Å². The van der Waals surface area contributed by atoms with E-state index in [1.165, 1.54) is 0 Å². The summed E-state index contributed by atoms with van der Waals surface area (Å²) in [6, 6.07) is 0. The summed E-state index contributed by atoms with van der Waals surface area (Å²) < 4.78 is 12.1. The van der Waals surface area contributed by atoms with Crippen LogP contribution >= 0.6 is 0 Å². The summed E-state index contributed by atoms with van der Waals surface area (Å²) in [6.45, 7) is 1.60. The van der Waals surface area contributed by atoms with Gasteiger partial charge in [0.05, 0.1) is 12.8 Å². The summed E-state index contributed by atoms with van der Waals surface area (Å²) in [4.78, 5) is 0. The van der Waals surface area contributed by atoms with Gasteiger partial charge in [0.15, 0.2) is 0 Å². The number of hydrogen-bond acceptors (Lipinski definition) is 0. The highest BCUT2D eigenvalue weighted by Gasteiger charge is 1.96. The van der Waals surface area contributed by atoms with Gasteiger partial charge >= 0.3 is 0 Å². The number of alkyl halides is 1. The SMILES string of the molecule is CC(F)CCCCCC[O]. The molecule has 0 saturated heterocycles. The molecule has 0 aliphatic carbocycles. The maximum atomic E-state index is 12.1. The van der Waals surface area contributed by atoms with Gasteiger partial charge in [-0.2, -0.15) is 0 Å². The lowest BCUT2D eigenvalue weighted by Gasteiger charge is -1.99. The highest BCUT2D eigenvalue weighted by molar-refractivity contribution is 4.48. The van der Waals surface area contributed by atoms with Crippen molar-refractivity contribution in [1.82, 2.24) is 0 Å². The number of hydrogen-bond donors (Lipinski definition) is 0. The smallest absolute Gasteiger partial charge is 0.0973 e. The molecule has 0 heterocycles. The Morgan fingerprint density at radius 3 is 2.30 bits per heavy atom. The Morgan fingerprint density at radius 1 is 1.20 bits per heavy atom. The van der Waals surface area contributed by atoms with E-state index in [4.69, 9.17) is 0 Å². The number of rotatable bonds is 6. The summed E-state index contributed by atoms with van der Waals surface area (Å²) >= 11 is 0. The first-order valence-corrected chi connectivity index (χ1v) is 3.99. The first-order chi connectivity index (χ1) is 4.77. The average Bonchev–Trinajstić information content (AvgIpc) is 1.87. The molecule has 0 spiro atoms. The van der Waals surface area contributed by atoms with E-state index in [0.717, 1.165) is 25.7 Å². The van der Waals surface area contributed by atoms with Gasteiger partial charge in [0, 0.05) is 0 Å². The van der Waals surface area contributed by atoms with Crippen LogP contribution in [0.5, 0.6) is 0 Å². The van der Waals surface area contributed by atoms with E-state index in [1.54, 1.807) is 6.92 Å². The van der Waals surface area contributed by atoms with Crippen molar-refractivity contribution in [2.45, 2.75) is 45.2 Å². The highest BCUT2D eigenvalue weighted by Crippen LogP contribution is 2.06. The van der Waals surface area contributed by atoms with Crippen LogP contribution in [0.3, 0.4) is 0 Å². The van der Waals surface area contributed by atoms with Crippen LogP contribution in [0.1, 0.15) is 39.0 Å². The van der Waals surface area contributed by atoms with E-state index in [9.17, 15) is 9.50 Å². The van der Waals surface area contributed by atoms with Crippen LogP contribution in [0.4, 0.5) is 4.39 Å². The zero-order chi connectivity index (χ0) is 7.82. The van der Waals surface area contributed by atoms with E-state index in [2.05, 4.69) is 0 Å². The van der Waals surface area contributed by atoms with Crippen LogP contribution in [-0.2, 0) is 5.11 Å². The van der Waals surface area contributed by atoms with Crippen LogP contribution < -0.4 is 0 Å². The molecule has 0 bridgehead atoms. The van der Waals surface area contributed by atoms with E-state index in [-0.39, 0.29) is 6.61 Å². The fourth-order valence-electron chi connectivity index (χ4n) is 0.881. The molecular formula is C8H16FO. The van der Waals surface area contributed by atoms with Gasteiger partial charge in [0.25, 0.3) is 0 Å². The molecule has 0 N–H and O–H groups in total. The monoisotopic (exact) mass is 147 g/mol. The molecule has 1 radical (unpaired) electrons. The summed E-state index contributed by atoms with van der Waals surface area (Å²) in [5.74, 6) is 0. The Bertz CT molecular complexity index is 64.3. The van der Waals surface area contributed by atoms with E-state index in [1.807, 2.05) is 0 Å². The molecule has 1 unspecified atom stereocenters. The second kappa shape index (κ2) is 7.00. The van der Waals surface area contributed by atoms with Crippen LogP contribution in [0, 0.1) is 0 Å². The maximum Gasteiger partial charge on any atom is 0.0973 e. The molecule has 1 atom stereocenters. The van der Waals surface area contributed by atoms with Gasteiger partial charge in [-0.3, -0.25) is 0 Å². The molecule has 10 heavy (non-hydrogen) atoms. The van der Waals surface area contributed by atoms with Gasteiger partial charge in [-0.25, -0.2) is 9.50 Å². The largest absolute Gasteiger partial charge is 0.248 e. The van der Waals surface area contributed by atoms with Crippen molar-refractivity contribution in [3.8, 4) is 0 Å². The summed E-state index contributed by atoms with van der Waals surface area (Å²) in [5.41, 5.74) is 0. The standard InChI is InChI=1S/C8H16FO/c1-8(9)6-4-2-3-5-7-10/h8H,2-7H2,1H3. The molecule has 2 heteroatoms. The van der Waals surface area contributed by atoms with Crippen molar-refractivity contribution in [2.24, 2.45) is 0 Å². The minimum atomic E-state index is -0.674. The van der Waals surface area contributed by atoms with Crippen molar-refractivity contribution in [3.05, 3.63) is 0 Å². The lowest BCUT2D eigenvalue weighted by molar-refractivity contribution is 0.185. The molecule has 1 nitrogen and oxygen atoms in total. The Morgan fingerprint density at radius 2 is 1.80 bits per heavy atom. The van der Waals surface area contributed by atoms with Crippen molar-refractivity contribution in [1.29, 1.82) is 0 Å². The van der Waals surface area contributed by atoms with Gasteiger partial charge in [0.1, 0.15) is 0 Å². The van der Waals surface area contributed by atoms with Gasteiger partial charge in [-0.05, 0) is 19.8 Å². The summed E-state index contributed by atoms with van der Waals surface area (Å²) in [7, 11) is 0. The molecule has 0 amide bonds. The van der Waals surface area contributed by atoms with Gasteiger partial charge < -0.3 is 0 Å². The first kappa shape index (κ1) is 9.89. The van der Waals surface area contributed by atoms with Crippen molar-refractivity contribution >= 4 is 0 Å². The molecule has 0 aromatic rings. The molecule has 0 rings (SSSR count). The zero-order valence-electron chi connectivity index (χ0n) is 6.61. The van der Waals surface area contributed by atoms with Crippen LogP contribution in [-0.4, -0.2) is 12.8 Å². The van der Waals surface area contributed by atoms with Crippen molar-refractivity contribution in [3.63, 3.8) is 0 Å². The van der Waals surface area contributed by atoms with E-state index in [0.29, 0.717) is 6.42 Å². The van der Waals surface area contributed by atoms with Crippen molar-refractivity contribution in [2.75, 3.05) is 6.61 Å². The topological polar surface area (TPSA) is 19.9 Å².